The number of hydrogen-bond donors (Lipinski definition) is 1. The van der Waals surface area contributed by atoms with E-state index in [4.69, 9.17) is 16.3 Å². The highest BCUT2D eigenvalue weighted by Crippen LogP contribution is 2.13. The number of methoxy groups -OCH3 is 1. The maximum Gasteiger partial charge on any atom is 0.322 e. The van der Waals surface area contributed by atoms with E-state index in [0.29, 0.717) is 6.54 Å². The molecule has 0 fully saturated rings. The summed E-state index contributed by atoms with van der Waals surface area (Å²) in [6, 6.07) is 6.64. The lowest BCUT2D eigenvalue weighted by molar-refractivity contribution is 0.379. The predicted molar refractivity (Wildman–Crippen MR) is 78.3 cm³/mol. The fourth-order valence-corrected chi connectivity index (χ4v) is 2.32. The Morgan fingerprint density at radius 3 is 2.43 bits per heavy atom. The highest BCUT2D eigenvalue weighted by molar-refractivity contribution is 7.90. The smallest absolute Gasteiger partial charge is 0.322 e. The highest BCUT2D eigenvalue weighted by atomic mass is 35.5. The molecule has 0 amide bonds. The Labute approximate surface area is 127 Å². The fraction of sp³-hybridized carbons (Fsp3) is 0.250. The summed E-state index contributed by atoms with van der Waals surface area (Å²) in [5.74, 6) is 0.277. The first-order valence-electron chi connectivity index (χ1n) is 5.87. The minimum Gasteiger partial charge on any atom is -0.467 e. The number of rotatable bonds is 5. The molecule has 21 heavy (non-hydrogen) atoms. The summed E-state index contributed by atoms with van der Waals surface area (Å²) in [6.07, 6.45) is 1.17. The third kappa shape index (κ3) is 4.27. The van der Waals surface area contributed by atoms with Crippen LogP contribution in [-0.4, -0.2) is 36.7 Å². The molecular formula is C12H13ClN4O3S. The standard InChI is InChI=1S/C12H13ClN4O3S/c1-20-12-16-10(13)15-11(17-12)14-7-8-3-5-9(6-4-8)21(2,18)19/h3-6H,7H2,1-2H3,(H,14,15,16,17). The van der Waals surface area contributed by atoms with Gasteiger partial charge in [0, 0.05) is 12.8 Å². The second kappa shape index (κ2) is 6.23. The molecule has 1 N–H and O–H groups in total. The van der Waals surface area contributed by atoms with Crippen molar-refractivity contribution in [2.75, 3.05) is 18.7 Å². The quantitative estimate of drug-likeness (QED) is 0.889. The molecular weight excluding hydrogens is 316 g/mol. The van der Waals surface area contributed by atoms with Crippen LogP contribution >= 0.6 is 11.6 Å². The Morgan fingerprint density at radius 1 is 1.19 bits per heavy atom. The van der Waals surface area contributed by atoms with Gasteiger partial charge in [0.1, 0.15) is 0 Å². The highest BCUT2D eigenvalue weighted by Gasteiger charge is 2.07. The van der Waals surface area contributed by atoms with E-state index in [1.54, 1.807) is 24.3 Å². The number of aromatic nitrogens is 3. The number of nitrogens with one attached hydrogen (secondary N) is 1. The van der Waals surface area contributed by atoms with Crippen LogP contribution in [0.15, 0.2) is 29.2 Å². The molecule has 2 rings (SSSR count). The van der Waals surface area contributed by atoms with E-state index >= 15 is 0 Å². The molecule has 7 nitrogen and oxygen atoms in total. The molecule has 0 spiro atoms. The van der Waals surface area contributed by atoms with Gasteiger partial charge in [0.05, 0.1) is 12.0 Å². The molecule has 0 aliphatic rings. The van der Waals surface area contributed by atoms with Crippen molar-refractivity contribution in [1.29, 1.82) is 0 Å². The number of halogens is 1. The summed E-state index contributed by atoms with van der Waals surface area (Å²) in [6.45, 7) is 0.410. The first kappa shape index (κ1) is 15.5. The topological polar surface area (TPSA) is 94.1 Å². The molecule has 112 valence electrons. The van der Waals surface area contributed by atoms with E-state index in [0.717, 1.165) is 5.56 Å². The van der Waals surface area contributed by atoms with Gasteiger partial charge in [-0.25, -0.2) is 8.42 Å². The van der Waals surface area contributed by atoms with Crippen LogP contribution in [0.3, 0.4) is 0 Å². The van der Waals surface area contributed by atoms with Crippen LogP contribution in [0.4, 0.5) is 5.95 Å². The number of benzene rings is 1. The van der Waals surface area contributed by atoms with Crippen molar-refractivity contribution in [3.8, 4) is 6.01 Å². The van der Waals surface area contributed by atoms with E-state index < -0.39 is 9.84 Å². The number of sulfone groups is 1. The van der Waals surface area contributed by atoms with Crippen LogP contribution in [0, 0.1) is 0 Å². The predicted octanol–water partition coefficient (Wildman–Crippen LogP) is 1.55. The molecule has 0 aliphatic heterocycles. The fourth-order valence-electron chi connectivity index (χ4n) is 1.54. The Kier molecular flexibility index (Phi) is 4.59. The molecule has 0 atom stereocenters. The first-order chi connectivity index (χ1) is 9.88. The van der Waals surface area contributed by atoms with E-state index in [9.17, 15) is 8.42 Å². The zero-order valence-electron chi connectivity index (χ0n) is 11.4. The minimum absolute atomic E-state index is 0.0248. The van der Waals surface area contributed by atoms with Gasteiger partial charge in [0.15, 0.2) is 9.84 Å². The van der Waals surface area contributed by atoms with Gasteiger partial charge in [-0.1, -0.05) is 12.1 Å². The van der Waals surface area contributed by atoms with Crippen molar-refractivity contribution < 1.29 is 13.2 Å². The summed E-state index contributed by atoms with van der Waals surface area (Å²) >= 11 is 5.73. The zero-order valence-corrected chi connectivity index (χ0v) is 12.9. The molecule has 9 heteroatoms. The van der Waals surface area contributed by atoms with Crippen LogP contribution in [-0.2, 0) is 16.4 Å². The van der Waals surface area contributed by atoms with Crippen molar-refractivity contribution in [2.45, 2.75) is 11.4 Å². The average molecular weight is 329 g/mol. The van der Waals surface area contributed by atoms with Gasteiger partial charge in [-0.05, 0) is 29.3 Å². The second-order valence-corrected chi connectivity index (χ2v) is 6.54. The molecule has 0 aliphatic carbocycles. The van der Waals surface area contributed by atoms with Gasteiger partial charge in [0.2, 0.25) is 11.2 Å². The number of ether oxygens (including phenoxy) is 1. The van der Waals surface area contributed by atoms with Crippen LogP contribution in [0.25, 0.3) is 0 Å². The normalized spacial score (nSPS) is 11.2. The monoisotopic (exact) mass is 328 g/mol. The Balaban J connectivity index is 2.08. The van der Waals surface area contributed by atoms with Crippen LogP contribution in [0.1, 0.15) is 5.56 Å². The van der Waals surface area contributed by atoms with E-state index in [1.807, 2.05) is 0 Å². The van der Waals surface area contributed by atoms with Gasteiger partial charge in [0.25, 0.3) is 0 Å². The lowest BCUT2D eigenvalue weighted by atomic mass is 10.2. The van der Waals surface area contributed by atoms with Crippen LogP contribution in [0.2, 0.25) is 5.28 Å². The second-order valence-electron chi connectivity index (χ2n) is 4.18. The van der Waals surface area contributed by atoms with Crippen molar-refractivity contribution in [1.82, 2.24) is 15.0 Å². The first-order valence-corrected chi connectivity index (χ1v) is 8.14. The van der Waals surface area contributed by atoms with E-state index in [2.05, 4.69) is 20.3 Å². The van der Waals surface area contributed by atoms with Crippen molar-refractivity contribution >= 4 is 27.4 Å². The van der Waals surface area contributed by atoms with E-state index in [-0.39, 0.29) is 22.1 Å². The van der Waals surface area contributed by atoms with E-state index in [1.165, 1.54) is 13.4 Å². The summed E-state index contributed by atoms with van der Waals surface area (Å²) in [5.41, 5.74) is 0.873. The summed E-state index contributed by atoms with van der Waals surface area (Å²) in [7, 11) is -1.76. The van der Waals surface area contributed by atoms with Gasteiger partial charge < -0.3 is 10.1 Å². The van der Waals surface area contributed by atoms with Crippen molar-refractivity contribution in [3.63, 3.8) is 0 Å². The Bertz CT molecular complexity index is 735. The SMILES string of the molecule is COc1nc(Cl)nc(NCc2ccc(S(C)(=O)=O)cc2)n1. The molecule has 0 bridgehead atoms. The number of nitrogens with zero attached hydrogens (tertiary/aromatic N) is 3. The summed E-state index contributed by atoms with van der Waals surface area (Å²) < 4.78 is 27.6. The lowest BCUT2D eigenvalue weighted by Gasteiger charge is -2.07. The largest absolute Gasteiger partial charge is 0.467 e. The molecule has 0 unspecified atom stereocenters. The minimum atomic E-state index is -3.19. The molecule has 1 aromatic carbocycles. The molecule has 1 aromatic heterocycles. The average Bonchev–Trinajstić information content (AvgIpc) is 2.44. The number of hydrogen-bond acceptors (Lipinski definition) is 7. The third-order valence-corrected chi connectivity index (χ3v) is 3.87. The van der Waals surface area contributed by atoms with Gasteiger partial charge in [-0.2, -0.15) is 15.0 Å². The van der Waals surface area contributed by atoms with Gasteiger partial charge in [-0.3, -0.25) is 0 Å². The lowest BCUT2D eigenvalue weighted by Crippen LogP contribution is -2.06. The molecule has 0 radical (unpaired) electrons. The maximum absolute atomic E-state index is 11.4. The van der Waals surface area contributed by atoms with Crippen molar-refractivity contribution in [3.05, 3.63) is 35.1 Å². The molecule has 1 heterocycles. The Hall–Kier alpha value is -1.93. The number of anilines is 1. The molecule has 2 aromatic rings. The third-order valence-electron chi connectivity index (χ3n) is 2.57. The van der Waals surface area contributed by atoms with Crippen molar-refractivity contribution in [2.24, 2.45) is 0 Å². The van der Waals surface area contributed by atoms with Gasteiger partial charge in [-0.15, -0.1) is 0 Å². The van der Waals surface area contributed by atoms with Gasteiger partial charge >= 0.3 is 6.01 Å². The zero-order chi connectivity index (χ0) is 15.5. The summed E-state index contributed by atoms with van der Waals surface area (Å²) in [4.78, 5) is 11.9. The molecule has 0 saturated carbocycles. The summed E-state index contributed by atoms with van der Waals surface area (Å²) in [5, 5.41) is 2.98. The Morgan fingerprint density at radius 2 is 1.86 bits per heavy atom. The molecule has 0 saturated heterocycles. The van der Waals surface area contributed by atoms with Crippen LogP contribution < -0.4 is 10.1 Å². The maximum atomic E-state index is 11.4. The van der Waals surface area contributed by atoms with Crippen LogP contribution in [0.5, 0.6) is 6.01 Å².